The number of likely N-dealkylation sites (tertiary alicyclic amines) is 1. The average molecular weight is 335 g/mol. The van der Waals surface area contributed by atoms with Crippen LogP contribution in [-0.2, 0) is 4.74 Å². The highest BCUT2D eigenvalue weighted by Crippen LogP contribution is 2.18. The van der Waals surface area contributed by atoms with E-state index >= 15 is 0 Å². The summed E-state index contributed by atoms with van der Waals surface area (Å²) in [7, 11) is 0. The summed E-state index contributed by atoms with van der Waals surface area (Å²) in [6.45, 7) is 8.69. The third-order valence-corrected chi connectivity index (χ3v) is 4.52. The van der Waals surface area contributed by atoms with Gasteiger partial charge in [0.15, 0.2) is 0 Å². The first kappa shape index (κ1) is 19.2. The van der Waals surface area contributed by atoms with Gasteiger partial charge in [0, 0.05) is 6.54 Å². The maximum Gasteiger partial charge on any atom is 0.119 e. The predicted molar refractivity (Wildman–Crippen MR) is 97.8 cm³/mol. The van der Waals surface area contributed by atoms with E-state index in [0.29, 0.717) is 25.7 Å². The molecule has 0 saturated carbocycles. The predicted octanol–water partition coefficient (Wildman–Crippen LogP) is 3.44. The molecule has 1 unspecified atom stereocenters. The van der Waals surface area contributed by atoms with Crippen LogP contribution in [0.3, 0.4) is 0 Å². The maximum absolute atomic E-state index is 10.1. The molecule has 1 heterocycles. The molecule has 0 aliphatic carbocycles. The highest BCUT2D eigenvalue weighted by molar-refractivity contribution is 5.28. The number of nitrogens with zero attached hydrogens (tertiary/aromatic N) is 1. The molecule has 0 spiro atoms. The molecule has 4 nitrogen and oxygen atoms in total. The van der Waals surface area contributed by atoms with Gasteiger partial charge in [-0.25, -0.2) is 0 Å². The first-order valence-corrected chi connectivity index (χ1v) is 9.36. The van der Waals surface area contributed by atoms with Crippen molar-refractivity contribution in [3.05, 3.63) is 29.8 Å². The Morgan fingerprint density at radius 1 is 1.00 bits per heavy atom. The summed E-state index contributed by atoms with van der Waals surface area (Å²) in [6, 6.07) is 8.21. The summed E-state index contributed by atoms with van der Waals surface area (Å²) >= 11 is 0. The standard InChI is InChI=1S/C20H33NO3/c1-17(2)18-7-9-20(10-8-18)24-14-13-23-16-19(22)15-21-11-5-3-4-6-12-21/h7-10,17,19,22H,3-6,11-16H2,1-2H3. The van der Waals surface area contributed by atoms with Gasteiger partial charge >= 0.3 is 0 Å². The van der Waals surface area contributed by atoms with Crippen molar-refractivity contribution in [3.8, 4) is 5.75 Å². The van der Waals surface area contributed by atoms with E-state index in [0.717, 1.165) is 25.4 Å². The molecule has 1 aromatic carbocycles. The van der Waals surface area contributed by atoms with Gasteiger partial charge in [-0.2, -0.15) is 0 Å². The quantitative estimate of drug-likeness (QED) is 0.702. The number of β-amino-alcohol motifs (C(OH)–C–C–N with tert-alkyl or cyclic N) is 1. The minimum Gasteiger partial charge on any atom is -0.491 e. The Bertz CT molecular complexity index is 439. The highest BCUT2D eigenvalue weighted by atomic mass is 16.5. The number of rotatable bonds is 9. The third-order valence-electron chi connectivity index (χ3n) is 4.52. The molecule has 2 rings (SSSR count). The molecule has 24 heavy (non-hydrogen) atoms. The molecule has 136 valence electrons. The van der Waals surface area contributed by atoms with Crippen LogP contribution < -0.4 is 4.74 Å². The molecule has 0 radical (unpaired) electrons. The molecule has 1 atom stereocenters. The zero-order valence-electron chi connectivity index (χ0n) is 15.2. The van der Waals surface area contributed by atoms with E-state index in [2.05, 4.69) is 30.9 Å². The van der Waals surface area contributed by atoms with Gasteiger partial charge < -0.3 is 19.5 Å². The van der Waals surface area contributed by atoms with Gasteiger partial charge in [0.25, 0.3) is 0 Å². The van der Waals surface area contributed by atoms with Crippen LogP contribution in [0.2, 0.25) is 0 Å². The van der Waals surface area contributed by atoms with Gasteiger partial charge in [-0.05, 0) is 49.5 Å². The van der Waals surface area contributed by atoms with E-state index in [1.165, 1.54) is 31.2 Å². The fraction of sp³-hybridized carbons (Fsp3) is 0.700. The van der Waals surface area contributed by atoms with E-state index in [9.17, 15) is 5.11 Å². The number of hydrogen-bond acceptors (Lipinski definition) is 4. The van der Waals surface area contributed by atoms with Crippen LogP contribution in [0, 0.1) is 0 Å². The maximum atomic E-state index is 10.1. The fourth-order valence-corrected chi connectivity index (χ4v) is 3.06. The smallest absolute Gasteiger partial charge is 0.119 e. The molecule has 1 aliphatic heterocycles. The van der Waals surface area contributed by atoms with E-state index in [4.69, 9.17) is 9.47 Å². The molecule has 0 amide bonds. The second-order valence-electron chi connectivity index (χ2n) is 7.02. The van der Waals surface area contributed by atoms with Crippen LogP contribution in [0.4, 0.5) is 0 Å². The summed E-state index contributed by atoms with van der Waals surface area (Å²) in [5, 5.41) is 10.1. The molecular formula is C20H33NO3. The van der Waals surface area contributed by atoms with Gasteiger partial charge in [-0.15, -0.1) is 0 Å². The van der Waals surface area contributed by atoms with Gasteiger partial charge in [0.2, 0.25) is 0 Å². The van der Waals surface area contributed by atoms with Crippen molar-refractivity contribution in [2.45, 2.75) is 51.6 Å². The number of aliphatic hydroxyl groups is 1. The van der Waals surface area contributed by atoms with Crippen molar-refractivity contribution < 1.29 is 14.6 Å². The largest absolute Gasteiger partial charge is 0.491 e. The van der Waals surface area contributed by atoms with Crippen molar-refractivity contribution >= 4 is 0 Å². The molecule has 1 aliphatic rings. The Morgan fingerprint density at radius 3 is 2.29 bits per heavy atom. The Hall–Kier alpha value is -1.10. The molecule has 1 N–H and O–H groups in total. The van der Waals surface area contributed by atoms with Crippen molar-refractivity contribution in [1.82, 2.24) is 4.90 Å². The lowest BCUT2D eigenvalue weighted by Gasteiger charge is -2.23. The number of ether oxygens (including phenoxy) is 2. The van der Waals surface area contributed by atoms with Crippen molar-refractivity contribution in [2.75, 3.05) is 39.5 Å². The third kappa shape index (κ3) is 7.20. The van der Waals surface area contributed by atoms with Gasteiger partial charge in [-0.1, -0.05) is 38.8 Å². The Morgan fingerprint density at radius 2 is 1.67 bits per heavy atom. The average Bonchev–Trinajstić information content (AvgIpc) is 2.83. The first-order valence-electron chi connectivity index (χ1n) is 9.36. The van der Waals surface area contributed by atoms with Crippen molar-refractivity contribution in [1.29, 1.82) is 0 Å². The van der Waals surface area contributed by atoms with Gasteiger partial charge in [0.1, 0.15) is 12.4 Å². The van der Waals surface area contributed by atoms with Crippen LogP contribution in [0.1, 0.15) is 51.0 Å². The van der Waals surface area contributed by atoms with Crippen molar-refractivity contribution in [3.63, 3.8) is 0 Å². The SMILES string of the molecule is CC(C)c1ccc(OCCOCC(O)CN2CCCCCC2)cc1. The Labute approximate surface area is 146 Å². The lowest BCUT2D eigenvalue weighted by Crippen LogP contribution is -2.35. The van der Waals surface area contributed by atoms with Crippen LogP contribution in [0.5, 0.6) is 5.75 Å². The second kappa shape index (κ2) is 10.7. The Balaban J connectivity index is 1.55. The number of benzene rings is 1. The Kier molecular flexibility index (Phi) is 8.57. The monoisotopic (exact) mass is 335 g/mol. The molecule has 1 fully saturated rings. The highest BCUT2D eigenvalue weighted by Gasteiger charge is 2.13. The van der Waals surface area contributed by atoms with Gasteiger partial charge in [-0.3, -0.25) is 0 Å². The normalized spacial score (nSPS) is 17.7. The minimum absolute atomic E-state index is 0.381. The zero-order valence-corrected chi connectivity index (χ0v) is 15.2. The van der Waals surface area contributed by atoms with Crippen LogP contribution >= 0.6 is 0 Å². The molecule has 0 aromatic heterocycles. The van der Waals surface area contributed by atoms with Crippen LogP contribution in [-0.4, -0.2) is 55.6 Å². The molecule has 1 aromatic rings. The van der Waals surface area contributed by atoms with Crippen molar-refractivity contribution in [2.24, 2.45) is 0 Å². The second-order valence-corrected chi connectivity index (χ2v) is 7.02. The van der Waals surface area contributed by atoms with Crippen LogP contribution in [0.25, 0.3) is 0 Å². The summed E-state index contributed by atoms with van der Waals surface area (Å²) in [4.78, 5) is 2.35. The fourth-order valence-electron chi connectivity index (χ4n) is 3.06. The van der Waals surface area contributed by atoms with E-state index < -0.39 is 6.10 Å². The molecule has 0 bridgehead atoms. The minimum atomic E-state index is -0.409. The van der Waals surface area contributed by atoms with Crippen LogP contribution in [0.15, 0.2) is 24.3 Å². The topological polar surface area (TPSA) is 41.9 Å². The summed E-state index contributed by atoms with van der Waals surface area (Å²) in [5.74, 6) is 1.40. The van der Waals surface area contributed by atoms with E-state index in [1.54, 1.807) is 0 Å². The lowest BCUT2D eigenvalue weighted by atomic mass is 10.0. The number of aliphatic hydroxyl groups excluding tert-OH is 1. The van der Waals surface area contributed by atoms with E-state index in [-0.39, 0.29) is 0 Å². The summed E-state index contributed by atoms with van der Waals surface area (Å²) in [6.07, 6.45) is 4.72. The molecular weight excluding hydrogens is 302 g/mol. The summed E-state index contributed by atoms with van der Waals surface area (Å²) < 4.78 is 11.2. The zero-order chi connectivity index (χ0) is 17.2. The first-order chi connectivity index (χ1) is 11.6. The van der Waals surface area contributed by atoms with Gasteiger partial charge in [0.05, 0.1) is 19.3 Å². The molecule has 4 heteroatoms. The lowest BCUT2D eigenvalue weighted by molar-refractivity contribution is 0.00836. The van der Waals surface area contributed by atoms with E-state index in [1.807, 2.05) is 12.1 Å². The molecule has 1 saturated heterocycles. The summed E-state index contributed by atoms with van der Waals surface area (Å²) in [5.41, 5.74) is 1.32. The number of hydrogen-bond donors (Lipinski definition) is 1.